The van der Waals surface area contributed by atoms with E-state index in [-0.39, 0.29) is 6.03 Å². The first-order valence-corrected chi connectivity index (χ1v) is 9.04. The van der Waals surface area contributed by atoms with E-state index in [2.05, 4.69) is 36.2 Å². The predicted octanol–water partition coefficient (Wildman–Crippen LogP) is 2.39. The lowest BCUT2D eigenvalue weighted by atomic mass is 10.1. The topological polar surface area (TPSA) is 57.7 Å². The van der Waals surface area contributed by atoms with Crippen LogP contribution < -0.4 is 10.2 Å². The van der Waals surface area contributed by atoms with Crippen molar-refractivity contribution in [3.8, 4) is 0 Å². The standard InChI is InChI=1S/C17H24N4O2S/c1-12-10-13(2)15-14(11-12)19-17(24-15)21-7-5-20(6-8-21)16(22)18-4-9-23-3/h10-11H,4-9H2,1-3H3,(H,18,22). The van der Waals surface area contributed by atoms with Crippen LogP contribution in [0.5, 0.6) is 0 Å². The molecule has 0 radical (unpaired) electrons. The van der Waals surface area contributed by atoms with Crippen LogP contribution in [0.2, 0.25) is 0 Å². The monoisotopic (exact) mass is 348 g/mol. The summed E-state index contributed by atoms with van der Waals surface area (Å²) in [6.07, 6.45) is 0. The number of benzene rings is 1. The number of carbonyl (C=O) groups excluding carboxylic acids is 1. The van der Waals surface area contributed by atoms with E-state index in [9.17, 15) is 4.79 Å². The minimum Gasteiger partial charge on any atom is -0.383 e. The minimum atomic E-state index is -0.0116. The number of thiazole rings is 1. The number of aryl methyl sites for hydroxylation is 2. The highest BCUT2D eigenvalue weighted by Crippen LogP contribution is 2.32. The number of aromatic nitrogens is 1. The molecule has 0 saturated carbocycles. The molecule has 0 atom stereocenters. The Labute approximate surface area is 146 Å². The summed E-state index contributed by atoms with van der Waals surface area (Å²) in [5.41, 5.74) is 3.60. The molecule has 1 aliphatic rings. The molecule has 1 fully saturated rings. The Bertz CT molecular complexity index is 723. The number of carbonyl (C=O) groups is 1. The van der Waals surface area contributed by atoms with Crippen molar-refractivity contribution in [3.05, 3.63) is 23.3 Å². The maximum absolute atomic E-state index is 12.1. The van der Waals surface area contributed by atoms with Crippen LogP contribution in [-0.2, 0) is 4.74 Å². The number of nitrogens with zero attached hydrogens (tertiary/aromatic N) is 3. The highest BCUT2D eigenvalue weighted by atomic mass is 32.1. The van der Waals surface area contributed by atoms with E-state index < -0.39 is 0 Å². The Kier molecular flexibility index (Phi) is 5.20. The molecule has 0 spiro atoms. The molecular formula is C17H24N4O2S. The molecule has 2 aromatic rings. The van der Waals surface area contributed by atoms with Crippen molar-refractivity contribution in [3.63, 3.8) is 0 Å². The molecule has 24 heavy (non-hydrogen) atoms. The molecule has 0 aliphatic carbocycles. The quantitative estimate of drug-likeness (QED) is 0.862. The fraction of sp³-hybridized carbons (Fsp3) is 0.529. The Balaban J connectivity index is 1.62. The molecule has 2 heterocycles. The number of urea groups is 1. The SMILES string of the molecule is COCCNC(=O)N1CCN(c2nc3cc(C)cc(C)c3s2)CC1. The van der Waals surface area contributed by atoms with Crippen LogP contribution in [0.4, 0.5) is 9.93 Å². The van der Waals surface area contributed by atoms with Crippen molar-refractivity contribution in [2.75, 3.05) is 51.3 Å². The van der Waals surface area contributed by atoms with Gasteiger partial charge < -0.3 is 19.9 Å². The molecule has 2 amide bonds. The zero-order chi connectivity index (χ0) is 17.1. The number of hydrogen-bond acceptors (Lipinski definition) is 5. The van der Waals surface area contributed by atoms with Crippen LogP contribution in [0.25, 0.3) is 10.2 Å². The van der Waals surface area contributed by atoms with Gasteiger partial charge in [0.05, 0.1) is 16.8 Å². The second-order valence-corrected chi connectivity index (χ2v) is 7.10. The van der Waals surface area contributed by atoms with Gasteiger partial charge in [-0.1, -0.05) is 17.4 Å². The fourth-order valence-corrected chi connectivity index (χ4v) is 4.04. The molecule has 0 bridgehead atoms. The van der Waals surface area contributed by atoms with Gasteiger partial charge in [0, 0.05) is 39.8 Å². The maximum Gasteiger partial charge on any atom is 0.317 e. The van der Waals surface area contributed by atoms with Gasteiger partial charge in [0.2, 0.25) is 0 Å². The number of ether oxygens (including phenoxy) is 1. The van der Waals surface area contributed by atoms with E-state index in [0.29, 0.717) is 26.2 Å². The highest BCUT2D eigenvalue weighted by molar-refractivity contribution is 7.22. The summed E-state index contributed by atoms with van der Waals surface area (Å²) in [6, 6.07) is 4.33. The smallest absolute Gasteiger partial charge is 0.317 e. The fourth-order valence-electron chi connectivity index (χ4n) is 2.97. The van der Waals surface area contributed by atoms with Crippen LogP contribution in [0, 0.1) is 13.8 Å². The van der Waals surface area contributed by atoms with Gasteiger partial charge in [0.15, 0.2) is 5.13 Å². The van der Waals surface area contributed by atoms with E-state index in [0.717, 1.165) is 23.7 Å². The molecular weight excluding hydrogens is 324 g/mol. The van der Waals surface area contributed by atoms with Crippen LogP contribution in [-0.4, -0.2) is 62.4 Å². The molecule has 6 nitrogen and oxygen atoms in total. The van der Waals surface area contributed by atoms with Gasteiger partial charge in [-0.05, 0) is 31.0 Å². The zero-order valence-electron chi connectivity index (χ0n) is 14.5. The number of fused-ring (bicyclic) bond motifs is 1. The van der Waals surface area contributed by atoms with Crippen LogP contribution >= 0.6 is 11.3 Å². The van der Waals surface area contributed by atoms with Crippen molar-refractivity contribution in [1.29, 1.82) is 0 Å². The van der Waals surface area contributed by atoms with Gasteiger partial charge in [-0.2, -0.15) is 0 Å². The molecule has 1 aromatic heterocycles. The van der Waals surface area contributed by atoms with Crippen molar-refractivity contribution in [2.24, 2.45) is 0 Å². The summed E-state index contributed by atoms with van der Waals surface area (Å²) in [5.74, 6) is 0. The number of hydrogen-bond donors (Lipinski definition) is 1. The second kappa shape index (κ2) is 7.36. The number of nitrogens with one attached hydrogen (secondary N) is 1. The third kappa shape index (κ3) is 3.62. The van der Waals surface area contributed by atoms with Gasteiger partial charge in [0.25, 0.3) is 0 Å². The number of methoxy groups -OCH3 is 1. The van der Waals surface area contributed by atoms with Crippen molar-refractivity contribution >= 4 is 32.7 Å². The lowest BCUT2D eigenvalue weighted by molar-refractivity contribution is 0.177. The van der Waals surface area contributed by atoms with Crippen LogP contribution in [0.15, 0.2) is 12.1 Å². The maximum atomic E-state index is 12.1. The molecule has 1 aliphatic heterocycles. The van der Waals surface area contributed by atoms with Gasteiger partial charge >= 0.3 is 6.03 Å². The summed E-state index contributed by atoms with van der Waals surface area (Å²) in [5, 5.41) is 3.93. The normalized spacial score (nSPS) is 15.1. The molecule has 3 rings (SSSR count). The molecule has 1 N–H and O–H groups in total. The van der Waals surface area contributed by atoms with Crippen molar-refractivity contribution in [1.82, 2.24) is 15.2 Å². The third-order valence-electron chi connectivity index (χ3n) is 4.23. The van der Waals surface area contributed by atoms with E-state index >= 15 is 0 Å². The number of anilines is 1. The Hall–Kier alpha value is -1.86. The number of amides is 2. The van der Waals surface area contributed by atoms with Gasteiger partial charge in [-0.15, -0.1) is 0 Å². The Morgan fingerprint density at radius 1 is 1.29 bits per heavy atom. The van der Waals surface area contributed by atoms with Crippen molar-refractivity contribution < 1.29 is 9.53 Å². The summed E-state index contributed by atoms with van der Waals surface area (Å²) in [7, 11) is 1.63. The van der Waals surface area contributed by atoms with Crippen LogP contribution in [0.3, 0.4) is 0 Å². The Morgan fingerprint density at radius 3 is 2.75 bits per heavy atom. The first kappa shape index (κ1) is 17.0. The average molecular weight is 348 g/mol. The average Bonchev–Trinajstić information content (AvgIpc) is 2.99. The van der Waals surface area contributed by atoms with Gasteiger partial charge in [-0.3, -0.25) is 0 Å². The Morgan fingerprint density at radius 2 is 2.04 bits per heavy atom. The lowest BCUT2D eigenvalue weighted by Crippen LogP contribution is -2.52. The molecule has 7 heteroatoms. The number of piperazine rings is 1. The lowest BCUT2D eigenvalue weighted by Gasteiger charge is -2.34. The van der Waals surface area contributed by atoms with E-state index in [1.54, 1.807) is 18.4 Å². The van der Waals surface area contributed by atoms with E-state index in [1.807, 2.05) is 4.90 Å². The first-order chi connectivity index (χ1) is 11.6. The number of rotatable bonds is 4. The molecule has 1 aromatic carbocycles. The summed E-state index contributed by atoms with van der Waals surface area (Å²) in [6.45, 7) is 8.39. The van der Waals surface area contributed by atoms with E-state index in [1.165, 1.54) is 15.8 Å². The van der Waals surface area contributed by atoms with E-state index in [4.69, 9.17) is 9.72 Å². The third-order valence-corrected chi connectivity index (χ3v) is 5.50. The summed E-state index contributed by atoms with van der Waals surface area (Å²) in [4.78, 5) is 21.0. The first-order valence-electron chi connectivity index (χ1n) is 8.23. The second-order valence-electron chi connectivity index (χ2n) is 6.13. The predicted molar refractivity (Wildman–Crippen MR) is 98.2 cm³/mol. The van der Waals surface area contributed by atoms with Gasteiger partial charge in [0.1, 0.15) is 0 Å². The highest BCUT2D eigenvalue weighted by Gasteiger charge is 2.23. The van der Waals surface area contributed by atoms with Crippen LogP contribution in [0.1, 0.15) is 11.1 Å². The molecule has 0 unspecified atom stereocenters. The molecule has 1 saturated heterocycles. The van der Waals surface area contributed by atoms with Crippen molar-refractivity contribution in [2.45, 2.75) is 13.8 Å². The van der Waals surface area contributed by atoms with Gasteiger partial charge in [-0.25, -0.2) is 9.78 Å². The zero-order valence-corrected chi connectivity index (χ0v) is 15.3. The molecule has 130 valence electrons. The summed E-state index contributed by atoms with van der Waals surface area (Å²) >= 11 is 1.74. The minimum absolute atomic E-state index is 0.0116. The largest absolute Gasteiger partial charge is 0.383 e. The summed E-state index contributed by atoms with van der Waals surface area (Å²) < 4.78 is 6.21.